The highest BCUT2D eigenvalue weighted by atomic mass is 32.2. The van der Waals surface area contributed by atoms with E-state index in [-0.39, 0.29) is 5.03 Å². The maximum atomic E-state index is 12.4. The number of nitrogens with zero attached hydrogens (tertiary/aromatic N) is 2. The Morgan fingerprint density at radius 2 is 1.79 bits per heavy atom. The van der Waals surface area contributed by atoms with E-state index in [1.165, 1.54) is 44.4 Å². The van der Waals surface area contributed by atoms with Gasteiger partial charge in [-0.3, -0.25) is 5.10 Å². The summed E-state index contributed by atoms with van der Waals surface area (Å²) in [5.41, 5.74) is 0.429. The van der Waals surface area contributed by atoms with Gasteiger partial charge in [-0.05, 0) is 37.2 Å². The maximum Gasteiger partial charge on any atom is 0.259 e. The van der Waals surface area contributed by atoms with Gasteiger partial charge in [0.15, 0.2) is 5.03 Å². The summed E-state index contributed by atoms with van der Waals surface area (Å²) in [6.45, 7) is 1.31. The summed E-state index contributed by atoms with van der Waals surface area (Å²) in [4.78, 5) is 0. The Kier molecular flexibility index (Phi) is 3.39. The molecule has 19 heavy (non-hydrogen) atoms. The van der Waals surface area contributed by atoms with Crippen molar-refractivity contribution in [3.05, 3.63) is 12.3 Å². The smallest absolute Gasteiger partial charge is 0.259 e. The Labute approximate surface area is 114 Å². The van der Waals surface area contributed by atoms with Crippen molar-refractivity contribution in [1.29, 1.82) is 0 Å². The molecule has 106 valence electrons. The van der Waals surface area contributed by atoms with E-state index < -0.39 is 10.0 Å². The number of nitrogens with one attached hydrogen (secondary N) is 1. The Morgan fingerprint density at radius 1 is 1.11 bits per heavy atom. The molecule has 0 aromatic carbocycles. The molecule has 1 spiro atoms. The van der Waals surface area contributed by atoms with Gasteiger partial charge in [0.2, 0.25) is 0 Å². The molecule has 3 rings (SSSR count). The summed E-state index contributed by atoms with van der Waals surface area (Å²) in [6, 6.07) is 1.53. The summed E-state index contributed by atoms with van der Waals surface area (Å²) in [6.07, 6.45) is 10.1. The minimum absolute atomic E-state index is 0.215. The molecule has 0 amide bonds. The maximum absolute atomic E-state index is 12.4. The summed E-state index contributed by atoms with van der Waals surface area (Å²) in [7, 11) is -3.36. The van der Waals surface area contributed by atoms with E-state index in [0.717, 1.165) is 12.8 Å². The van der Waals surface area contributed by atoms with E-state index in [2.05, 4.69) is 10.2 Å². The Bertz CT molecular complexity index is 508. The second-order valence-corrected chi connectivity index (χ2v) is 7.79. The van der Waals surface area contributed by atoms with Crippen molar-refractivity contribution in [2.75, 3.05) is 13.1 Å². The highest BCUT2D eigenvalue weighted by molar-refractivity contribution is 7.89. The summed E-state index contributed by atoms with van der Waals surface area (Å²) < 4.78 is 26.4. The summed E-state index contributed by atoms with van der Waals surface area (Å²) in [5.74, 6) is 0. The van der Waals surface area contributed by atoms with Gasteiger partial charge in [-0.1, -0.05) is 19.3 Å². The molecule has 1 aromatic heterocycles. The monoisotopic (exact) mass is 283 g/mol. The highest BCUT2D eigenvalue weighted by Crippen LogP contribution is 2.45. The second kappa shape index (κ2) is 4.90. The predicted molar refractivity (Wildman–Crippen MR) is 72.1 cm³/mol. The number of rotatable bonds is 2. The van der Waals surface area contributed by atoms with Gasteiger partial charge in [-0.25, -0.2) is 8.42 Å². The molecule has 0 radical (unpaired) electrons. The van der Waals surface area contributed by atoms with Crippen LogP contribution in [0.15, 0.2) is 17.3 Å². The van der Waals surface area contributed by atoms with E-state index in [0.29, 0.717) is 18.5 Å². The lowest BCUT2D eigenvalue weighted by Crippen LogP contribution is -2.43. The first-order valence-corrected chi connectivity index (χ1v) is 8.56. The molecular weight excluding hydrogens is 262 g/mol. The van der Waals surface area contributed by atoms with Crippen molar-refractivity contribution in [2.24, 2.45) is 5.41 Å². The molecule has 6 heteroatoms. The van der Waals surface area contributed by atoms with Gasteiger partial charge in [0.05, 0.1) is 6.20 Å². The first kappa shape index (κ1) is 13.1. The van der Waals surface area contributed by atoms with E-state index in [4.69, 9.17) is 0 Å². The largest absolute Gasteiger partial charge is 0.266 e. The molecule has 1 saturated heterocycles. The Morgan fingerprint density at radius 3 is 2.37 bits per heavy atom. The molecule has 1 aromatic rings. The van der Waals surface area contributed by atoms with Crippen LogP contribution in [0.5, 0.6) is 0 Å². The van der Waals surface area contributed by atoms with Gasteiger partial charge >= 0.3 is 0 Å². The van der Waals surface area contributed by atoms with Crippen LogP contribution in [0.1, 0.15) is 44.9 Å². The molecule has 1 aliphatic heterocycles. The SMILES string of the molecule is O=S(=O)(c1ccn[nH]1)N1CCC2(CCCCC2)CC1. The molecule has 1 saturated carbocycles. The topological polar surface area (TPSA) is 66.1 Å². The fraction of sp³-hybridized carbons (Fsp3) is 0.769. The average molecular weight is 283 g/mol. The second-order valence-electron chi connectivity index (χ2n) is 5.89. The van der Waals surface area contributed by atoms with Crippen LogP contribution in [-0.4, -0.2) is 36.0 Å². The molecule has 0 bridgehead atoms. The Hall–Kier alpha value is -0.880. The zero-order valence-electron chi connectivity index (χ0n) is 11.1. The van der Waals surface area contributed by atoms with Crippen LogP contribution in [0.2, 0.25) is 0 Å². The zero-order valence-corrected chi connectivity index (χ0v) is 12.0. The van der Waals surface area contributed by atoms with Crippen LogP contribution in [0, 0.1) is 5.41 Å². The number of hydrogen-bond donors (Lipinski definition) is 1. The minimum Gasteiger partial charge on any atom is -0.266 e. The van der Waals surface area contributed by atoms with Crippen molar-refractivity contribution in [3.8, 4) is 0 Å². The quantitative estimate of drug-likeness (QED) is 0.904. The van der Waals surface area contributed by atoms with Crippen molar-refractivity contribution in [2.45, 2.75) is 50.0 Å². The lowest BCUT2D eigenvalue weighted by Gasteiger charge is -2.43. The van der Waals surface area contributed by atoms with Crippen LogP contribution < -0.4 is 0 Å². The molecule has 2 fully saturated rings. The van der Waals surface area contributed by atoms with E-state index >= 15 is 0 Å². The van der Waals surface area contributed by atoms with Crippen molar-refractivity contribution in [3.63, 3.8) is 0 Å². The number of aromatic amines is 1. The number of aromatic nitrogens is 2. The van der Waals surface area contributed by atoms with Crippen LogP contribution in [0.25, 0.3) is 0 Å². The number of sulfonamides is 1. The third kappa shape index (κ3) is 2.43. The summed E-state index contributed by atoms with van der Waals surface area (Å²) >= 11 is 0. The van der Waals surface area contributed by atoms with E-state index in [1.807, 2.05) is 0 Å². The molecule has 2 heterocycles. The lowest BCUT2D eigenvalue weighted by atomic mass is 9.68. The molecule has 0 unspecified atom stereocenters. The van der Waals surface area contributed by atoms with Crippen molar-refractivity contribution < 1.29 is 8.42 Å². The number of piperidine rings is 1. The van der Waals surface area contributed by atoms with Gasteiger partial charge in [0, 0.05) is 13.1 Å². The Balaban J connectivity index is 1.70. The fourth-order valence-electron chi connectivity index (χ4n) is 3.53. The molecule has 1 N–H and O–H groups in total. The van der Waals surface area contributed by atoms with Crippen LogP contribution in [0.4, 0.5) is 0 Å². The molecule has 1 aliphatic carbocycles. The first-order valence-electron chi connectivity index (χ1n) is 7.12. The molecule has 0 atom stereocenters. The van der Waals surface area contributed by atoms with Gasteiger partial charge in [0.1, 0.15) is 0 Å². The van der Waals surface area contributed by atoms with Crippen LogP contribution >= 0.6 is 0 Å². The van der Waals surface area contributed by atoms with Crippen LogP contribution in [-0.2, 0) is 10.0 Å². The van der Waals surface area contributed by atoms with E-state index in [1.54, 1.807) is 4.31 Å². The first-order chi connectivity index (χ1) is 9.12. The molecule has 5 nitrogen and oxygen atoms in total. The predicted octanol–water partition coefficient (Wildman–Crippen LogP) is 2.14. The highest BCUT2D eigenvalue weighted by Gasteiger charge is 2.39. The van der Waals surface area contributed by atoms with Crippen molar-refractivity contribution >= 4 is 10.0 Å². The lowest BCUT2D eigenvalue weighted by molar-refractivity contribution is 0.102. The van der Waals surface area contributed by atoms with Crippen LogP contribution in [0.3, 0.4) is 0 Å². The standard InChI is InChI=1S/C13H21N3O2S/c17-19(18,12-4-9-14-15-12)16-10-7-13(8-11-16)5-2-1-3-6-13/h4,9H,1-3,5-8,10-11H2,(H,14,15). The van der Waals surface area contributed by atoms with Gasteiger partial charge in [0.25, 0.3) is 10.0 Å². The third-order valence-electron chi connectivity index (χ3n) is 4.79. The molecular formula is C13H21N3O2S. The normalized spacial score (nSPS) is 24.6. The van der Waals surface area contributed by atoms with Gasteiger partial charge in [-0.15, -0.1) is 0 Å². The van der Waals surface area contributed by atoms with E-state index in [9.17, 15) is 8.42 Å². The fourth-order valence-corrected chi connectivity index (χ4v) is 4.87. The summed E-state index contributed by atoms with van der Waals surface area (Å²) in [5, 5.41) is 6.52. The van der Waals surface area contributed by atoms with Gasteiger partial charge < -0.3 is 0 Å². The van der Waals surface area contributed by atoms with Crippen molar-refractivity contribution in [1.82, 2.24) is 14.5 Å². The average Bonchev–Trinajstić information content (AvgIpc) is 2.95. The minimum atomic E-state index is -3.36. The third-order valence-corrected chi connectivity index (χ3v) is 6.62. The number of H-pyrrole nitrogens is 1. The number of hydrogen-bond acceptors (Lipinski definition) is 3. The molecule has 2 aliphatic rings. The zero-order chi connectivity index (χ0) is 13.3. The van der Waals surface area contributed by atoms with Gasteiger partial charge in [-0.2, -0.15) is 9.40 Å².